The van der Waals surface area contributed by atoms with E-state index in [1.807, 2.05) is 38.1 Å². The van der Waals surface area contributed by atoms with Crippen LogP contribution in [-0.2, 0) is 14.8 Å². The molecule has 0 spiro atoms. The second-order valence-electron chi connectivity index (χ2n) is 5.89. The molecule has 0 heterocycles. The Kier molecular flexibility index (Phi) is 6.58. The number of carbonyl (C=O) groups excluding carboxylic acids is 1. The lowest BCUT2D eigenvalue weighted by atomic mass is 10.0. The highest BCUT2D eigenvalue weighted by Gasteiger charge is 2.14. The van der Waals surface area contributed by atoms with E-state index in [9.17, 15) is 13.2 Å². The third-order valence-corrected chi connectivity index (χ3v) is 5.35. The molecule has 0 saturated heterocycles. The lowest BCUT2D eigenvalue weighted by Gasteiger charge is -2.13. The molecular weight excluding hydrogens is 360 g/mol. The molecular formula is C18H21ClN2O3S. The molecule has 0 aliphatic rings. The molecule has 2 aromatic carbocycles. The maximum absolute atomic E-state index is 12.1. The number of anilines is 1. The Morgan fingerprint density at radius 1 is 1.08 bits per heavy atom. The summed E-state index contributed by atoms with van der Waals surface area (Å²) in [4.78, 5) is 12.2. The fourth-order valence-corrected chi connectivity index (χ4v) is 3.48. The molecule has 2 aromatic rings. The minimum absolute atomic E-state index is 0.0145. The first-order valence-electron chi connectivity index (χ1n) is 7.93. The number of hydrogen-bond donors (Lipinski definition) is 2. The van der Waals surface area contributed by atoms with Gasteiger partial charge in [0.1, 0.15) is 0 Å². The molecule has 0 bridgehead atoms. The molecule has 0 aliphatic heterocycles. The van der Waals surface area contributed by atoms with E-state index in [0.29, 0.717) is 5.02 Å². The first-order chi connectivity index (χ1) is 11.8. The van der Waals surface area contributed by atoms with Gasteiger partial charge in [-0.15, -0.1) is 0 Å². The highest BCUT2D eigenvalue weighted by Crippen LogP contribution is 2.23. The monoisotopic (exact) mass is 380 g/mol. The predicted molar refractivity (Wildman–Crippen MR) is 100 cm³/mol. The first-order valence-corrected chi connectivity index (χ1v) is 9.80. The molecule has 0 unspecified atom stereocenters. The smallest absolute Gasteiger partial charge is 0.240 e. The number of halogens is 1. The van der Waals surface area contributed by atoms with Gasteiger partial charge in [-0.3, -0.25) is 4.79 Å². The summed E-state index contributed by atoms with van der Waals surface area (Å²) in [7, 11) is -3.66. The van der Waals surface area contributed by atoms with Crippen molar-refractivity contribution < 1.29 is 13.2 Å². The molecule has 2 N–H and O–H groups in total. The maximum atomic E-state index is 12.1. The molecule has 25 heavy (non-hydrogen) atoms. The Morgan fingerprint density at radius 3 is 2.36 bits per heavy atom. The molecule has 7 heteroatoms. The van der Waals surface area contributed by atoms with Crippen LogP contribution in [0.3, 0.4) is 0 Å². The topological polar surface area (TPSA) is 75.3 Å². The van der Waals surface area contributed by atoms with Gasteiger partial charge in [-0.25, -0.2) is 13.1 Å². The number of rotatable bonds is 7. The Balaban J connectivity index is 1.91. The van der Waals surface area contributed by atoms with Gasteiger partial charge in [0, 0.05) is 23.7 Å². The number of sulfonamides is 1. The van der Waals surface area contributed by atoms with E-state index < -0.39 is 10.0 Å². The average molecular weight is 381 g/mol. The van der Waals surface area contributed by atoms with Crippen molar-refractivity contribution in [2.24, 2.45) is 0 Å². The van der Waals surface area contributed by atoms with Crippen LogP contribution >= 0.6 is 11.6 Å². The largest absolute Gasteiger partial charge is 0.326 e. The van der Waals surface area contributed by atoms with Crippen molar-refractivity contribution in [1.29, 1.82) is 0 Å². The Bertz CT molecular complexity index is 834. The highest BCUT2D eigenvalue weighted by atomic mass is 35.5. The number of benzene rings is 2. The second kappa shape index (κ2) is 8.47. The van der Waals surface area contributed by atoms with Crippen LogP contribution in [0.25, 0.3) is 0 Å². The number of amides is 1. The zero-order valence-electron chi connectivity index (χ0n) is 14.1. The van der Waals surface area contributed by atoms with E-state index in [1.165, 1.54) is 24.3 Å². The van der Waals surface area contributed by atoms with Gasteiger partial charge >= 0.3 is 0 Å². The zero-order valence-corrected chi connectivity index (χ0v) is 15.7. The van der Waals surface area contributed by atoms with Crippen LogP contribution in [0.15, 0.2) is 53.4 Å². The summed E-state index contributed by atoms with van der Waals surface area (Å²) >= 11 is 5.75. The fraction of sp³-hybridized carbons (Fsp3) is 0.278. The third-order valence-electron chi connectivity index (χ3n) is 3.62. The van der Waals surface area contributed by atoms with Gasteiger partial charge in [0.25, 0.3) is 0 Å². The third kappa shape index (κ3) is 5.56. The summed E-state index contributed by atoms with van der Waals surface area (Å²) in [6.07, 6.45) is 0.0409. The summed E-state index contributed by atoms with van der Waals surface area (Å²) in [6.45, 7) is 4.11. The molecule has 5 nitrogen and oxygen atoms in total. The van der Waals surface area contributed by atoms with E-state index in [-0.39, 0.29) is 29.7 Å². The Labute approximate surface area is 153 Å². The minimum atomic E-state index is -3.66. The average Bonchev–Trinajstić information content (AvgIpc) is 2.55. The Morgan fingerprint density at radius 2 is 1.72 bits per heavy atom. The summed E-state index contributed by atoms with van der Waals surface area (Å²) in [6, 6.07) is 13.4. The van der Waals surface area contributed by atoms with Crippen molar-refractivity contribution >= 4 is 33.2 Å². The molecule has 0 saturated carbocycles. The first kappa shape index (κ1) is 19.4. The lowest BCUT2D eigenvalue weighted by molar-refractivity contribution is -0.116. The number of hydrogen-bond acceptors (Lipinski definition) is 3. The van der Waals surface area contributed by atoms with Crippen LogP contribution in [0.5, 0.6) is 0 Å². The van der Waals surface area contributed by atoms with Crippen molar-refractivity contribution in [2.75, 3.05) is 11.9 Å². The molecule has 0 aliphatic carbocycles. The van der Waals surface area contributed by atoms with E-state index in [0.717, 1.165) is 11.3 Å². The van der Waals surface area contributed by atoms with E-state index in [2.05, 4.69) is 10.0 Å². The van der Waals surface area contributed by atoms with Crippen molar-refractivity contribution in [3.8, 4) is 0 Å². The van der Waals surface area contributed by atoms with E-state index >= 15 is 0 Å². The fourth-order valence-electron chi connectivity index (χ4n) is 2.32. The quantitative estimate of drug-likeness (QED) is 0.767. The van der Waals surface area contributed by atoms with Crippen molar-refractivity contribution in [3.05, 3.63) is 59.1 Å². The maximum Gasteiger partial charge on any atom is 0.240 e. The number of carbonyl (C=O) groups is 1. The number of nitrogens with one attached hydrogen (secondary N) is 2. The summed E-state index contributed by atoms with van der Waals surface area (Å²) < 4.78 is 26.7. The molecule has 0 radical (unpaired) electrons. The van der Waals surface area contributed by atoms with Crippen LogP contribution in [-0.4, -0.2) is 20.9 Å². The van der Waals surface area contributed by atoms with Crippen LogP contribution in [0, 0.1) is 0 Å². The van der Waals surface area contributed by atoms with Crippen LogP contribution in [0.1, 0.15) is 31.7 Å². The lowest BCUT2D eigenvalue weighted by Crippen LogP contribution is -2.28. The van der Waals surface area contributed by atoms with Crippen molar-refractivity contribution in [2.45, 2.75) is 31.1 Å². The summed E-state index contributed by atoms with van der Waals surface area (Å²) in [5.41, 5.74) is 1.79. The molecule has 0 fully saturated rings. The van der Waals surface area contributed by atoms with Crippen LogP contribution in [0.4, 0.5) is 5.69 Å². The van der Waals surface area contributed by atoms with Gasteiger partial charge in [0.15, 0.2) is 0 Å². The Hall–Kier alpha value is -1.89. The molecule has 2 rings (SSSR count). The molecule has 134 valence electrons. The van der Waals surface area contributed by atoms with Crippen molar-refractivity contribution in [3.63, 3.8) is 0 Å². The SMILES string of the molecule is CC(C)c1ccccc1NC(=O)CCNS(=O)(=O)c1ccc(Cl)cc1. The predicted octanol–water partition coefficient (Wildman–Crippen LogP) is 3.77. The van der Waals surface area contributed by atoms with Crippen LogP contribution in [0.2, 0.25) is 5.02 Å². The number of para-hydroxylation sites is 1. The summed E-state index contributed by atoms with van der Waals surface area (Å²) in [5, 5.41) is 3.29. The van der Waals surface area contributed by atoms with Crippen molar-refractivity contribution in [1.82, 2.24) is 4.72 Å². The summed E-state index contributed by atoms with van der Waals surface area (Å²) in [5.74, 6) is 0.0341. The minimum Gasteiger partial charge on any atom is -0.326 e. The highest BCUT2D eigenvalue weighted by molar-refractivity contribution is 7.89. The van der Waals surface area contributed by atoms with E-state index in [4.69, 9.17) is 11.6 Å². The normalized spacial score (nSPS) is 11.5. The van der Waals surface area contributed by atoms with Gasteiger partial charge < -0.3 is 5.32 Å². The van der Waals surface area contributed by atoms with Gasteiger partial charge in [-0.1, -0.05) is 43.6 Å². The van der Waals surface area contributed by atoms with Gasteiger partial charge in [0.05, 0.1) is 4.90 Å². The molecule has 0 atom stereocenters. The van der Waals surface area contributed by atoms with Gasteiger partial charge in [-0.2, -0.15) is 0 Å². The molecule has 1 amide bonds. The zero-order chi connectivity index (χ0) is 18.4. The molecule has 0 aromatic heterocycles. The van der Waals surface area contributed by atoms with Gasteiger partial charge in [-0.05, 0) is 41.8 Å². The van der Waals surface area contributed by atoms with E-state index in [1.54, 1.807) is 0 Å². The standard InChI is InChI=1S/C18H21ClN2O3S/c1-13(2)16-5-3-4-6-17(16)21-18(22)11-12-20-25(23,24)15-9-7-14(19)8-10-15/h3-10,13,20H,11-12H2,1-2H3,(H,21,22). The van der Waals surface area contributed by atoms with Gasteiger partial charge in [0.2, 0.25) is 15.9 Å². The van der Waals surface area contributed by atoms with Crippen LogP contribution < -0.4 is 10.0 Å². The second-order valence-corrected chi connectivity index (χ2v) is 8.10.